The van der Waals surface area contributed by atoms with Gasteiger partial charge in [0.25, 0.3) is 0 Å². The minimum Gasteiger partial charge on any atom is -0.383 e. The Morgan fingerprint density at radius 2 is 1.75 bits per heavy atom. The molecule has 0 aliphatic carbocycles. The van der Waals surface area contributed by atoms with Gasteiger partial charge in [0.05, 0.1) is 0 Å². The van der Waals surface area contributed by atoms with Crippen molar-refractivity contribution in [1.29, 1.82) is 0 Å². The van der Waals surface area contributed by atoms with Gasteiger partial charge in [-0.05, 0) is 42.5 Å². The van der Waals surface area contributed by atoms with Gasteiger partial charge in [0.1, 0.15) is 0 Å². The molecule has 0 fully saturated rings. The lowest BCUT2D eigenvalue weighted by Gasteiger charge is -2.29. The standard InChI is InChI=1S/C18H22ClN/c1-14(20-17-11-7-10-16(19)12-17)13-18(2,3)15-8-5-4-6-9-15/h4-12,14,20H,13H2,1-3H3. The summed E-state index contributed by atoms with van der Waals surface area (Å²) in [5, 5.41) is 4.29. The smallest absolute Gasteiger partial charge is 0.0426 e. The average molecular weight is 288 g/mol. The van der Waals surface area contributed by atoms with Crippen molar-refractivity contribution >= 4 is 17.3 Å². The lowest BCUT2D eigenvalue weighted by molar-refractivity contribution is 0.450. The lowest BCUT2D eigenvalue weighted by atomic mass is 9.79. The molecule has 0 amide bonds. The average Bonchev–Trinajstić information content (AvgIpc) is 2.39. The van der Waals surface area contributed by atoms with Gasteiger partial charge in [-0.2, -0.15) is 0 Å². The molecule has 20 heavy (non-hydrogen) atoms. The van der Waals surface area contributed by atoms with Crippen LogP contribution in [0.5, 0.6) is 0 Å². The molecular weight excluding hydrogens is 266 g/mol. The van der Waals surface area contributed by atoms with E-state index in [4.69, 9.17) is 11.6 Å². The molecule has 0 bridgehead atoms. The molecule has 106 valence electrons. The third-order valence-corrected chi connectivity index (χ3v) is 3.84. The van der Waals surface area contributed by atoms with E-state index in [9.17, 15) is 0 Å². The number of anilines is 1. The molecular formula is C18H22ClN. The number of halogens is 1. The van der Waals surface area contributed by atoms with Crippen LogP contribution in [-0.2, 0) is 5.41 Å². The molecule has 0 aromatic heterocycles. The maximum absolute atomic E-state index is 6.02. The van der Waals surface area contributed by atoms with E-state index in [0.717, 1.165) is 17.1 Å². The minimum absolute atomic E-state index is 0.145. The summed E-state index contributed by atoms with van der Waals surface area (Å²) < 4.78 is 0. The molecule has 2 rings (SSSR count). The lowest BCUT2D eigenvalue weighted by Crippen LogP contribution is -2.27. The van der Waals surface area contributed by atoms with Crippen LogP contribution in [0.4, 0.5) is 5.69 Å². The molecule has 1 nitrogen and oxygen atoms in total. The number of hydrogen-bond donors (Lipinski definition) is 1. The number of hydrogen-bond acceptors (Lipinski definition) is 1. The highest BCUT2D eigenvalue weighted by atomic mass is 35.5. The summed E-state index contributed by atoms with van der Waals surface area (Å²) in [5.74, 6) is 0. The van der Waals surface area contributed by atoms with Crippen molar-refractivity contribution in [2.75, 3.05) is 5.32 Å². The zero-order valence-electron chi connectivity index (χ0n) is 12.4. The predicted octanol–water partition coefficient (Wildman–Crippen LogP) is 5.51. The highest BCUT2D eigenvalue weighted by Gasteiger charge is 2.23. The zero-order valence-corrected chi connectivity index (χ0v) is 13.1. The maximum Gasteiger partial charge on any atom is 0.0426 e. The molecule has 2 aromatic carbocycles. The number of nitrogens with one attached hydrogen (secondary N) is 1. The van der Waals surface area contributed by atoms with Crippen molar-refractivity contribution < 1.29 is 0 Å². The van der Waals surface area contributed by atoms with Crippen molar-refractivity contribution in [1.82, 2.24) is 0 Å². The molecule has 0 spiro atoms. The molecule has 0 radical (unpaired) electrons. The second-order valence-corrected chi connectivity index (χ2v) is 6.45. The van der Waals surface area contributed by atoms with E-state index in [0.29, 0.717) is 6.04 Å². The first-order valence-corrected chi connectivity index (χ1v) is 7.43. The van der Waals surface area contributed by atoms with Gasteiger partial charge in [-0.1, -0.05) is 61.8 Å². The van der Waals surface area contributed by atoms with Gasteiger partial charge < -0.3 is 5.32 Å². The quantitative estimate of drug-likeness (QED) is 0.765. The third-order valence-electron chi connectivity index (χ3n) is 3.61. The molecule has 0 saturated heterocycles. The van der Waals surface area contributed by atoms with Gasteiger partial charge in [-0.25, -0.2) is 0 Å². The fourth-order valence-corrected chi connectivity index (χ4v) is 2.88. The molecule has 0 aliphatic heterocycles. The van der Waals surface area contributed by atoms with Crippen LogP contribution in [-0.4, -0.2) is 6.04 Å². The fraction of sp³-hybridized carbons (Fsp3) is 0.333. The van der Waals surface area contributed by atoms with Gasteiger partial charge in [0.2, 0.25) is 0 Å². The highest BCUT2D eigenvalue weighted by Crippen LogP contribution is 2.29. The van der Waals surface area contributed by atoms with Crippen molar-refractivity contribution in [3.05, 3.63) is 65.2 Å². The van der Waals surface area contributed by atoms with Crippen LogP contribution < -0.4 is 5.32 Å². The topological polar surface area (TPSA) is 12.0 Å². The summed E-state index contributed by atoms with van der Waals surface area (Å²) in [4.78, 5) is 0. The minimum atomic E-state index is 0.145. The molecule has 1 unspecified atom stereocenters. The van der Waals surface area contributed by atoms with Gasteiger partial charge in [-0.3, -0.25) is 0 Å². The summed E-state index contributed by atoms with van der Waals surface area (Å²) in [7, 11) is 0. The van der Waals surface area contributed by atoms with Crippen LogP contribution in [0.1, 0.15) is 32.8 Å². The Morgan fingerprint density at radius 1 is 1.05 bits per heavy atom. The Kier molecular flexibility index (Phi) is 4.72. The molecule has 1 N–H and O–H groups in total. The molecule has 2 aromatic rings. The van der Waals surface area contributed by atoms with E-state index < -0.39 is 0 Å². The van der Waals surface area contributed by atoms with Crippen LogP contribution in [0.2, 0.25) is 5.02 Å². The van der Waals surface area contributed by atoms with Gasteiger partial charge >= 0.3 is 0 Å². The van der Waals surface area contributed by atoms with E-state index in [-0.39, 0.29) is 5.41 Å². The monoisotopic (exact) mass is 287 g/mol. The first-order chi connectivity index (χ1) is 9.47. The van der Waals surface area contributed by atoms with E-state index in [1.54, 1.807) is 0 Å². The van der Waals surface area contributed by atoms with E-state index >= 15 is 0 Å². The van der Waals surface area contributed by atoms with Crippen molar-refractivity contribution in [2.45, 2.75) is 38.6 Å². The van der Waals surface area contributed by atoms with Crippen LogP contribution >= 0.6 is 11.6 Å². The molecule has 2 heteroatoms. The predicted molar refractivity (Wildman–Crippen MR) is 88.6 cm³/mol. The SMILES string of the molecule is CC(CC(C)(C)c1ccccc1)Nc1cccc(Cl)c1. The first-order valence-electron chi connectivity index (χ1n) is 7.05. The summed E-state index contributed by atoms with van der Waals surface area (Å²) in [5.41, 5.74) is 2.60. The number of rotatable bonds is 5. The summed E-state index contributed by atoms with van der Waals surface area (Å²) >= 11 is 6.02. The molecule has 0 saturated carbocycles. The van der Waals surface area contributed by atoms with Crippen molar-refractivity contribution in [2.24, 2.45) is 0 Å². The van der Waals surface area contributed by atoms with Crippen LogP contribution in [0.25, 0.3) is 0 Å². The fourth-order valence-electron chi connectivity index (χ4n) is 2.69. The van der Waals surface area contributed by atoms with Gasteiger partial charge in [0.15, 0.2) is 0 Å². The van der Waals surface area contributed by atoms with E-state index in [1.807, 2.05) is 18.2 Å². The van der Waals surface area contributed by atoms with E-state index in [1.165, 1.54) is 5.56 Å². The van der Waals surface area contributed by atoms with Crippen LogP contribution in [0, 0.1) is 0 Å². The Bertz CT molecular complexity index is 548. The number of benzene rings is 2. The second-order valence-electron chi connectivity index (χ2n) is 6.01. The highest BCUT2D eigenvalue weighted by molar-refractivity contribution is 6.30. The largest absolute Gasteiger partial charge is 0.383 e. The Labute approximate surface area is 127 Å². The maximum atomic E-state index is 6.02. The third kappa shape index (κ3) is 4.01. The Hall–Kier alpha value is -1.47. The summed E-state index contributed by atoms with van der Waals surface area (Å²) in [6.07, 6.45) is 1.06. The van der Waals surface area contributed by atoms with Crippen molar-refractivity contribution in [3.8, 4) is 0 Å². The van der Waals surface area contributed by atoms with Crippen LogP contribution in [0.3, 0.4) is 0 Å². The van der Waals surface area contributed by atoms with Gasteiger partial charge in [0, 0.05) is 16.8 Å². The normalized spacial score (nSPS) is 13.0. The Balaban J connectivity index is 2.02. The Morgan fingerprint density at radius 3 is 2.40 bits per heavy atom. The second kappa shape index (κ2) is 6.32. The molecule has 0 heterocycles. The van der Waals surface area contributed by atoms with Crippen molar-refractivity contribution in [3.63, 3.8) is 0 Å². The molecule has 1 atom stereocenters. The van der Waals surface area contributed by atoms with Gasteiger partial charge in [-0.15, -0.1) is 0 Å². The van der Waals surface area contributed by atoms with Crippen LogP contribution in [0.15, 0.2) is 54.6 Å². The van der Waals surface area contributed by atoms with E-state index in [2.05, 4.69) is 62.5 Å². The summed E-state index contributed by atoms with van der Waals surface area (Å²) in [6.45, 7) is 6.79. The summed E-state index contributed by atoms with van der Waals surface area (Å²) in [6, 6.07) is 18.9. The first kappa shape index (κ1) is 14.9. The zero-order chi connectivity index (χ0) is 14.6. The molecule has 0 aliphatic rings.